The van der Waals surface area contributed by atoms with Crippen LogP contribution < -0.4 is 20.9 Å². The highest BCUT2D eigenvalue weighted by Gasteiger charge is 2.49. The van der Waals surface area contributed by atoms with Gasteiger partial charge in [0.1, 0.15) is 11.9 Å². The third kappa shape index (κ3) is 8.21. The third-order valence-corrected chi connectivity index (χ3v) is 7.58. The topological polar surface area (TPSA) is 147 Å². The summed E-state index contributed by atoms with van der Waals surface area (Å²) >= 11 is 0. The lowest BCUT2D eigenvalue weighted by atomic mass is 10.1. The molecule has 1 unspecified atom stereocenters. The van der Waals surface area contributed by atoms with Crippen LogP contribution in [0.15, 0.2) is 76.4 Å². The number of para-hydroxylation sites is 1. The van der Waals surface area contributed by atoms with Gasteiger partial charge >= 0.3 is 19.4 Å². The summed E-state index contributed by atoms with van der Waals surface area (Å²) in [5.74, 6) is -0.553. The van der Waals surface area contributed by atoms with Crippen molar-refractivity contribution in [2.45, 2.75) is 45.1 Å². The van der Waals surface area contributed by atoms with Gasteiger partial charge in [-0.2, -0.15) is 0 Å². The minimum Gasteiger partial charge on any atom is -0.456 e. The molecule has 2 N–H and O–H groups in total. The Morgan fingerprint density at radius 1 is 1.12 bits per heavy atom. The van der Waals surface area contributed by atoms with Crippen LogP contribution in [-0.4, -0.2) is 53.7 Å². The van der Waals surface area contributed by atoms with E-state index in [1.807, 2.05) is 30.3 Å². The van der Waals surface area contributed by atoms with E-state index >= 15 is 4.39 Å². The van der Waals surface area contributed by atoms with E-state index < -0.39 is 56.2 Å². The van der Waals surface area contributed by atoms with E-state index in [1.165, 1.54) is 6.92 Å². The minimum atomic E-state index is -4.09. The summed E-state index contributed by atoms with van der Waals surface area (Å²) in [6.07, 6.45) is -5.20. The molecule has 0 amide bonds. The number of esters is 1. The number of halogens is 1. The normalized spacial score (nSPS) is 21.7. The van der Waals surface area contributed by atoms with Crippen molar-refractivity contribution < 1.29 is 37.0 Å². The molecule has 0 radical (unpaired) electrons. The average Bonchev–Trinajstić information content (AvgIpc) is 3.24. The number of carbonyl (C=O) groups is 1. The van der Waals surface area contributed by atoms with Gasteiger partial charge < -0.3 is 18.7 Å². The van der Waals surface area contributed by atoms with Crippen LogP contribution in [0, 0.1) is 6.92 Å². The number of alkyl halides is 1. The summed E-state index contributed by atoms with van der Waals surface area (Å²) in [6, 6.07) is 17.8. The Balaban J connectivity index is 1.46. The second-order valence-corrected chi connectivity index (χ2v) is 11.0. The van der Waals surface area contributed by atoms with Crippen LogP contribution in [0.5, 0.6) is 5.75 Å². The summed E-state index contributed by atoms with van der Waals surface area (Å²) in [5, 5.41) is 2.72. The number of aryl methyl sites for hydroxylation is 1. The molecule has 2 aromatic carbocycles. The van der Waals surface area contributed by atoms with Gasteiger partial charge in [0.25, 0.3) is 5.56 Å². The zero-order valence-corrected chi connectivity index (χ0v) is 23.3. The van der Waals surface area contributed by atoms with Crippen LogP contribution in [0.4, 0.5) is 4.39 Å². The lowest BCUT2D eigenvalue weighted by Gasteiger charge is -2.23. The average molecular weight is 592 g/mol. The molecule has 0 spiro atoms. The van der Waals surface area contributed by atoms with E-state index in [0.29, 0.717) is 6.61 Å². The smallest absolute Gasteiger partial charge is 0.456 e. The van der Waals surface area contributed by atoms with Crippen LogP contribution in [0.2, 0.25) is 0 Å². The molecule has 2 heterocycles. The number of rotatable bonds is 13. The second-order valence-electron chi connectivity index (χ2n) is 9.21. The molecule has 1 saturated heterocycles. The molecule has 0 aliphatic carbocycles. The third-order valence-electron chi connectivity index (χ3n) is 6.03. The molecular formula is C27H31FN3O9P. The Morgan fingerprint density at radius 2 is 1.80 bits per heavy atom. The number of aromatic amines is 1. The molecule has 1 aromatic heterocycles. The van der Waals surface area contributed by atoms with Gasteiger partial charge in [0, 0.05) is 25.2 Å². The Kier molecular flexibility index (Phi) is 10.2. The van der Waals surface area contributed by atoms with E-state index in [4.69, 9.17) is 23.3 Å². The molecule has 1 fully saturated rings. The second kappa shape index (κ2) is 13.8. The van der Waals surface area contributed by atoms with E-state index in [2.05, 4.69) is 10.1 Å². The van der Waals surface area contributed by atoms with Gasteiger partial charge in [-0.25, -0.2) is 18.8 Å². The van der Waals surface area contributed by atoms with Crippen LogP contribution in [0.1, 0.15) is 24.3 Å². The van der Waals surface area contributed by atoms with Crippen molar-refractivity contribution in [3.8, 4) is 5.75 Å². The Hall–Kier alpha value is -3.61. The van der Waals surface area contributed by atoms with Gasteiger partial charge in [0.05, 0.1) is 19.8 Å². The van der Waals surface area contributed by atoms with Gasteiger partial charge in [0.2, 0.25) is 0 Å². The van der Waals surface area contributed by atoms with Gasteiger partial charge in [-0.05, 0) is 24.6 Å². The van der Waals surface area contributed by atoms with Crippen LogP contribution >= 0.6 is 7.75 Å². The first kappa shape index (κ1) is 30.4. The number of hydrogen-bond acceptors (Lipinski definition) is 9. The number of aromatic nitrogens is 2. The molecule has 14 heteroatoms. The number of ether oxygens (including phenoxy) is 3. The number of nitrogens with one attached hydrogen (secondary N) is 2. The first-order valence-corrected chi connectivity index (χ1v) is 14.3. The largest absolute Gasteiger partial charge is 0.458 e. The van der Waals surface area contributed by atoms with Crippen molar-refractivity contribution in [3.05, 3.63) is 98.8 Å². The van der Waals surface area contributed by atoms with Gasteiger partial charge in [-0.3, -0.25) is 23.7 Å². The first-order chi connectivity index (χ1) is 19.6. The molecule has 12 nitrogen and oxygen atoms in total. The maximum atomic E-state index is 15.5. The van der Waals surface area contributed by atoms with Gasteiger partial charge in [-0.15, -0.1) is 0 Å². The zero-order valence-electron chi connectivity index (χ0n) is 22.4. The molecule has 1 aliphatic rings. The number of hydrogen-bond donors (Lipinski definition) is 2. The predicted octanol–water partition coefficient (Wildman–Crippen LogP) is 3.02. The number of H-pyrrole nitrogens is 1. The summed E-state index contributed by atoms with van der Waals surface area (Å²) in [6.45, 7) is 2.59. The highest BCUT2D eigenvalue weighted by molar-refractivity contribution is 7.52. The number of benzene rings is 2. The van der Waals surface area contributed by atoms with E-state index in [0.717, 1.165) is 23.3 Å². The summed E-state index contributed by atoms with van der Waals surface area (Å²) < 4.78 is 57.9. The summed E-state index contributed by atoms with van der Waals surface area (Å²) in [5.41, 5.74) is -0.432. The first-order valence-electron chi connectivity index (χ1n) is 12.8. The highest BCUT2D eigenvalue weighted by Crippen LogP contribution is 2.45. The fourth-order valence-electron chi connectivity index (χ4n) is 4.07. The summed E-state index contributed by atoms with van der Waals surface area (Å²) in [4.78, 5) is 38.0. The van der Waals surface area contributed by atoms with E-state index in [9.17, 15) is 18.9 Å². The lowest BCUT2D eigenvalue weighted by molar-refractivity contribution is -0.152. The quantitative estimate of drug-likeness (QED) is 0.173. The van der Waals surface area contributed by atoms with Crippen LogP contribution in [0.3, 0.4) is 0 Å². The van der Waals surface area contributed by atoms with E-state index in [1.54, 1.807) is 30.3 Å². The number of carbonyl (C=O) groups excluding carboxylic acids is 1. The molecular weight excluding hydrogens is 560 g/mol. The van der Waals surface area contributed by atoms with Crippen molar-refractivity contribution in [1.29, 1.82) is 0 Å². The molecule has 3 aromatic rings. The SMILES string of the molecule is CC(=O)O[C@@H]1[C@@H](F)[C@@H](n2cc(C)c(=O)[nH]c2=O)O[C@H]1COP(=O)(NCCOCc1ccccc1)Oc1ccccc1. The molecule has 0 bridgehead atoms. The van der Waals surface area contributed by atoms with Gasteiger partial charge in [-0.1, -0.05) is 48.5 Å². The minimum absolute atomic E-state index is 0.0796. The Bertz CT molecular complexity index is 1470. The van der Waals surface area contributed by atoms with E-state index in [-0.39, 0.29) is 24.5 Å². The summed E-state index contributed by atoms with van der Waals surface area (Å²) in [7, 11) is -4.09. The molecule has 0 saturated carbocycles. The van der Waals surface area contributed by atoms with Gasteiger partial charge in [0.15, 0.2) is 18.5 Å². The number of nitrogens with zero attached hydrogens (tertiary/aromatic N) is 1. The van der Waals surface area contributed by atoms with Crippen molar-refractivity contribution in [2.24, 2.45) is 0 Å². The molecule has 4 rings (SSSR count). The Labute approximate surface area is 234 Å². The van der Waals surface area contributed by atoms with Crippen molar-refractivity contribution in [2.75, 3.05) is 19.8 Å². The molecule has 220 valence electrons. The maximum Gasteiger partial charge on any atom is 0.458 e. The van der Waals surface area contributed by atoms with Crippen LogP contribution in [0.25, 0.3) is 0 Å². The van der Waals surface area contributed by atoms with Crippen LogP contribution in [-0.2, 0) is 34.7 Å². The fraction of sp³-hybridized carbons (Fsp3) is 0.370. The standard InChI is InChI=1S/C27H31FN3O9P/c1-18-15-31(27(34)30-25(18)33)26-23(28)24(38-19(2)32)22(39-26)17-37-41(35,40-21-11-7-4-8-12-21)29-13-14-36-16-20-9-5-3-6-10-20/h3-12,15,22-24,26H,13-14,16-17H2,1-2H3,(H,29,35)(H,30,33,34)/t22-,23+,24-,26-,41?/m0/s1. The zero-order chi connectivity index (χ0) is 29.4. The highest BCUT2D eigenvalue weighted by atomic mass is 31.2. The van der Waals surface area contributed by atoms with Crippen molar-refractivity contribution in [1.82, 2.24) is 14.6 Å². The maximum absolute atomic E-state index is 15.5. The monoisotopic (exact) mass is 591 g/mol. The predicted molar refractivity (Wildman–Crippen MR) is 145 cm³/mol. The Morgan fingerprint density at radius 3 is 2.49 bits per heavy atom. The molecule has 5 atom stereocenters. The fourth-order valence-corrected chi connectivity index (χ4v) is 5.39. The lowest BCUT2D eigenvalue weighted by Crippen LogP contribution is -2.38. The van der Waals surface area contributed by atoms with Crippen molar-refractivity contribution >= 4 is 13.7 Å². The van der Waals surface area contributed by atoms with Crippen molar-refractivity contribution in [3.63, 3.8) is 0 Å². The molecule has 1 aliphatic heterocycles. The molecule has 41 heavy (non-hydrogen) atoms.